The molecule has 230 valence electrons. The van der Waals surface area contributed by atoms with Gasteiger partial charge < -0.3 is 35.4 Å². The molecule has 0 aliphatic rings. The van der Waals surface area contributed by atoms with E-state index in [1.54, 1.807) is 29.7 Å². The fraction of sp³-hybridized carbons (Fsp3) is 0.200. The molecule has 6 aromatic rings. The minimum Gasteiger partial charge on any atom is -0.506 e. The summed E-state index contributed by atoms with van der Waals surface area (Å²) in [5, 5.41) is 40.0. The summed E-state index contributed by atoms with van der Waals surface area (Å²) in [6.45, 7) is 2.13. The summed E-state index contributed by atoms with van der Waals surface area (Å²) in [7, 11) is 0. The first-order valence-electron chi connectivity index (χ1n) is 14.7. The molecular formula is C35H34N4O5S. The maximum atomic E-state index is 11.9. The fourth-order valence-electron chi connectivity index (χ4n) is 5.40. The molecule has 0 spiro atoms. The molecule has 6 N–H and O–H groups in total. The topological polar surface area (TPSA) is 144 Å². The van der Waals surface area contributed by atoms with Crippen LogP contribution in [0.1, 0.15) is 44.2 Å². The van der Waals surface area contributed by atoms with Gasteiger partial charge in [-0.3, -0.25) is 4.79 Å². The van der Waals surface area contributed by atoms with Crippen LogP contribution in [0.4, 0.5) is 0 Å². The number of H-pyrrole nitrogens is 1. The Morgan fingerprint density at radius 3 is 2.31 bits per heavy atom. The first-order valence-corrected chi connectivity index (χ1v) is 15.5. The molecule has 0 fully saturated rings. The van der Waals surface area contributed by atoms with Crippen molar-refractivity contribution in [2.45, 2.75) is 31.2 Å². The zero-order valence-corrected chi connectivity index (χ0v) is 25.3. The van der Waals surface area contributed by atoms with Gasteiger partial charge in [0.1, 0.15) is 11.5 Å². The van der Waals surface area contributed by atoms with E-state index in [0.29, 0.717) is 59.5 Å². The molecule has 3 aromatic carbocycles. The van der Waals surface area contributed by atoms with Crippen LogP contribution in [-0.4, -0.2) is 38.4 Å². The van der Waals surface area contributed by atoms with Crippen LogP contribution >= 0.6 is 11.3 Å². The zero-order chi connectivity index (χ0) is 31.2. The van der Waals surface area contributed by atoms with Gasteiger partial charge >= 0.3 is 0 Å². The monoisotopic (exact) mass is 622 g/mol. The second kappa shape index (κ2) is 13.6. The number of thiophene rings is 1. The number of nitrogens with one attached hydrogen (secondary N) is 3. The molecule has 0 aliphatic carbocycles. The Hall–Kier alpha value is -4.58. The number of oxazole rings is 1. The first-order chi connectivity index (χ1) is 21.9. The Balaban J connectivity index is 0.998. The first kappa shape index (κ1) is 30.4. The standard InChI is InChI=1S/C35H34N4O5S/c40-30-15-13-28(29-14-16-32(42)39-33(29)30)31(41)22-36-18-17-26-11-12-27(45-26)21-37-19-25-20-38-34(44-25)35(43,23-7-3-1-4-8-23)24-9-5-2-6-10-24/h1-16,20,31,36-37,40-41,43H,17-19,21-22H2,(H,39,42)/t31-/m0/s1. The van der Waals surface area contributed by atoms with Crippen LogP contribution in [0.3, 0.4) is 0 Å². The number of aromatic hydroxyl groups is 1. The summed E-state index contributed by atoms with van der Waals surface area (Å²) in [6.07, 6.45) is 1.67. The fourth-order valence-corrected chi connectivity index (χ4v) is 6.39. The molecular weight excluding hydrogens is 588 g/mol. The summed E-state index contributed by atoms with van der Waals surface area (Å²) in [5.74, 6) is 0.822. The zero-order valence-electron chi connectivity index (χ0n) is 24.4. The van der Waals surface area contributed by atoms with Crippen molar-refractivity contribution in [2.24, 2.45) is 0 Å². The molecule has 6 rings (SSSR count). The van der Waals surface area contributed by atoms with Gasteiger partial charge in [0.25, 0.3) is 0 Å². The lowest BCUT2D eigenvalue weighted by molar-refractivity contribution is 0.0912. The minimum atomic E-state index is -1.51. The predicted octanol–water partition coefficient (Wildman–Crippen LogP) is 4.72. The summed E-state index contributed by atoms with van der Waals surface area (Å²) in [5.41, 5.74) is 0.503. The largest absolute Gasteiger partial charge is 0.506 e. The Labute approximate surface area is 263 Å². The number of hydrogen-bond donors (Lipinski definition) is 6. The van der Waals surface area contributed by atoms with E-state index in [4.69, 9.17) is 4.42 Å². The van der Waals surface area contributed by atoms with Crippen LogP contribution < -0.4 is 16.2 Å². The van der Waals surface area contributed by atoms with Crippen molar-refractivity contribution in [1.29, 1.82) is 0 Å². The summed E-state index contributed by atoms with van der Waals surface area (Å²) in [4.78, 5) is 21.1. The number of aromatic amines is 1. The third-order valence-electron chi connectivity index (χ3n) is 7.71. The molecule has 1 atom stereocenters. The van der Waals surface area contributed by atoms with Crippen molar-refractivity contribution in [3.8, 4) is 5.75 Å². The van der Waals surface area contributed by atoms with E-state index in [9.17, 15) is 20.1 Å². The van der Waals surface area contributed by atoms with Crippen LogP contribution in [0, 0.1) is 0 Å². The van der Waals surface area contributed by atoms with E-state index in [1.807, 2.05) is 60.7 Å². The van der Waals surface area contributed by atoms with Crippen molar-refractivity contribution >= 4 is 22.2 Å². The van der Waals surface area contributed by atoms with Gasteiger partial charge in [-0.2, -0.15) is 0 Å². The van der Waals surface area contributed by atoms with Gasteiger partial charge in [-0.15, -0.1) is 11.3 Å². The van der Waals surface area contributed by atoms with Crippen molar-refractivity contribution in [1.82, 2.24) is 20.6 Å². The number of nitrogens with zero attached hydrogens (tertiary/aromatic N) is 1. The van der Waals surface area contributed by atoms with E-state index in [1.165, 1.54) is 21.9 Å². The van der Waals surface area contributed by atoms with Gasteiger partial charge in [-0.25, -0.2) is 4.98 Å². The van der Waals surface area contributed by atoms with E-state index in [-0.39, 0.29) is 17.2 Å². The lowest BCUT2D eigenvalue weighted by Crippen LogP contribution is -2.29. The number of pyridine rings is 1. The highest BCUT2D eigenvalue weighted by atomic mass is 32.1. The predicted molar refractivity (Wildman–Crippen MR) is 174 cm³/mol. The number of aromatic nitrogens is 2. The highest BCUT2D eigenvalue weighted by molar-refractivity contribution is 7.11. The molecule has 0 radical (unpaired) electrons. The quantitative estimate of drug-likeness (QED) is 0.102. The second-order valence-electron chi connectivity index (χ2n) is 10.8. The Kier molecular flexibility index (Phi) is 9.20. The van der Waals surface area contributed by atoms with Gasteiger partial charge in [-0.05, 0) is 47.4 Å². The van der Waals surface area contributed by atoms with E-state index >= 15 is 0 Å². The van der Waals surface area contributed by atoms with Crippen LogP contribution in [-0.2, 0) is 25.1 Å². The number of phenolic OH excluding ortho intramolecular Hbond substituents is 1. The molecule has 0 aliphatic heterocycles. The number of benzene rings is 3. The maximum absolute atomic E-state index is 11.9. The van der Waals surface area contributed by atoms with E-state index < -0.39 is 11.7 Å². The highest BCUT2D eigenvalue weighted by Crippen LogP contribution is 2.36. The SMILES string of the molecule is O=c1ccc2c([C@@H](O)CNCCc3ccc(CNCc4cnc(C(O)(c5ccccc5)c5ccccc5)o4)s3)ccc(O)c2[nH]1. The minimum absolute atomic E-state index is 0.0292. The van der Waals surface area contributed by atoms with E-state index in [0.717, 1.165) is 6.42 Å². The van der Waals surface area contributed by atoms with Crippen molar-refractivity contribution < 1.29 is 19.7 Å². The number of aliphatic hydroxyl groups is 2. The lowest BCUT2D eigenvalue weighted by Gasteiger charge is -2.26. The number of phenols is 1. The van der Waals surface area contributed by atoms with Crippen molar-refractivity contribution in [3.63, 3.8) is 0 Å². The molecule has 0 amide bonds. The summed E-state index contributed by atoms with van der Waals surface area (Å²) < 4.78 is 6.08. The molecule has 0 bridgehead atoms. The molecule has 0 saturated carbocycles. The van der Waals surface area contributed by atoms with Gasteiger partial charge in [0, 0.05) is 40.8 Å². The molecule has 3 aromatic heterocycles. The van der Waals surface area contributed by atoms with Crippen molar-refractivity contribution in [3.05, 3.63) is 152 Å². The Morgan fingerprint density at radius 2 is 1.58 bits per heavy atom. The normalized spacial score (nSPS) is 12.5. The van der Waals surface area contributed by atoms with Gasteiger partial charge in [-0.1, -0.05) is 66.7 Å². The second-order valence-corrected chi connectivity index (χ2v) is 12.1. The third kappa shape index (κ3) is 6.75. The van der Waals surface area contributed by atoms with Crippen LogP contribution in [0.2, 0.25) is 0 Å². The highest BCUT2D eigenvalue weighted by Gasteiger charge is 2.38. The van der Waals surface area contributed by atoms with Crippen LogP contribution in [0.5, 0.6) is 5.75 Å². The van der Waals surface area contributed by atoms with Crippen molar-refractivity contribution in [2.75, 3.05) is 13.1 Å². The van der Waals surface area contributed by atoms with Crippen LogP contribution in [0.15, 0.2) is 112 Å². The number of aliphatic hydroxyl groups excluding tert-OH is 1. The Bertz CT molecular complexity index is 1880. The average Bonchev–Trinajstić information content (AvgIpc) is 3.74. The molecule has 0 unspecified atom stereocenters. The molecule has 9 nitrogen and oxygen atoms in total. The van der Waals surface area contributed by atoms with Gasteiger partial charge in [0.15, 0.2) is 5.60 Å². The number of hydrogen-bond acceptors (Lipinski definition) is 9. The van der Waals surface area contributed by atoms with E-state index in [2.05, 4.69) is 32.7 Å². The molecule has 10 heteroatoms. The van der Waals surface area contributed by atoms with Gasteiger partial charge in [0.2, 0.25) is 11.4 Å². The molecule has 3 heterocycles. The van der Waals surface area contributed by atoms with Crippen LogP contribution in [0.25, 0.3) is 10.9 Å². The third-order valence-corrected chi connectivity index (χ3v) is 8.86. The summed E-state index contributed by atoms with van der Waals surface area (Å²) in [6, 6.07) is 29.2. The smallest absolute Gasteiger partial charge is 0.248 e. The average molecular weight is 623 g/mol. The number of rotatable bonds is 13. The molecule has 45 heavy (non-hydrogen) atoms. The Morgan fingerprint density at radius 1 is 0.867 bits per heavy atom. The maximum Gasteiger partial charge on any atom is 0.248 e. The lowest BCUT2D eigenvalue weighted by atomic mass is 9.86. The molecule has 0 saturated heterocycles. The van der Waals surface area contributed by atoms with Gasteiger partial charge in [0.05, 0.1) is 24.4 Å². The summed E-state index contributed by atoms with van der Waals surface area (Å²) >= 11 is 1.72. The number of fused-ring (bicyclic) bond motifs is 1.